The van der Waals surface area contributed by atoms with Gasteiger partial charge in [-0.3, -0.25) is 4.68 Å². The highest BCUT2D eigenvalue weighted by atomic mass is 79.9. The molecule has 1 aromatic heterocycles. The van der Waals surface area contributed by atoms with Gasteiger partial charge in [0.1, 0.15) is 0 Å². The predicted octanol–water partition coefficient (Wildman–Crippen LogP) is 4.23. The monoisotopic (exact) mass is 384 g/mol. The molecule has 4 nitrogen and oxygen atoms in total. The number of carbonyl (C=O) groups is 1. The maximum absolute atomic E-state index is 11.4. The fraction of sp³-hybridized carbons (Fsp3) is 0.158. The molecule has 0 unspecified atom stereocenters. The van der Waals surface area contributed by atoms with Gasteiger partial charge in [0, 0.05) is 10.9 Å². The fourth-order valence-electron chi connectivity index (χ4n) is 2.70. The van der Waals surface area contributed by atoms with Crippen LogP contribution in [0, 0.1) is 0 Å². The Bertz CT molecular complexity index is 844. The number of nitrogens with zero attached hydrogens (tertiary/aromatic N) is 2. The summed E-state index contributed by atoms with van der Waals surface area (Å²) in [7, 11) is 0. The number of rotatable bonds is 6. The molecule has 0 saturated carbocycles. The van der Waals surface area contributed by atoms with Gasteiger partial charge in [-0.25, -0.2) is 4.79 Å². The van der Waals surface area contributed by atoms with E-state index in [2.05, 4.69) is 27.1 Å². The third-order valence-electron chi connectivity index (χ3n) is 3.83. The van der Waals surface area contributed by atoms with E-state index in [-0.39, 0.29) is 5.69 Å². The van der Waals surface area contributed by atoms with Gasteiger partial charge in [-0.1, -0.05) is 70.5 Å². The molecular weight excluding hydrogens is 368 g/mol. The topological polar surface area (TPSA) is 55.1 Å². The number of aryl methyl sites for hydroxylation is 1. The summed E-state index contributed by atoms with van der Waals surface area (Å²) in [4.78, 5) is 11.4. The van der Waals surface area contributed by atoms with Crippen molar-refractivity contribution in [3.8, 4) is 11.3 Å². The number of benzene rings is 2. The van der Waals surface area contributed by atoms with Crippen LogP contribution in [0.4, 0.5) is 0 Å². The van der Waals surface area contributed by atoms with E-state index >= 15 is 0 Å². The SMILES string of the molecule is O=C(O)c1cc(-c2ccccc2CCBr)n(Cc2ccccc2)n1. The van der Waals surface area contributed by atoms with E-state index in [4.69, 9.17) is 0 Å². The summed E-state index contributed by atoms with van der Waals surface area (Å²) in [5.41, 5.74) is 4.16. The van der Waals surface area contributed by atoms with Crippen molar-refractivity contribution in [1.82, 2.24) is 9.78 Å². The van der Waals surface area contributed by atoms with Crippen LogP contribution in [-0.2, 0) is 13.0 Å². The van der Waals surface area contributed by atoms with Gasteiger partial charge in [0.15, 0.2) is 5.69 Å². The Kier molecular flexibility index (Phi) is 5.11. The molecule has 24 heavy (non-hydrogen) atoms. The molecule has 0 fully saturated rings. The van der Waals surface area contributed by atoms with Crippen LogP contribution in [0.25, 0.3) is 11.3 Å². The highest BCUT2D eigenvalue weighted by molar-refractivity contribution is 9.09. The predicted molar refractivity (Wildman–Crippen MR) is 97.7 cm³/mol. The summed E-state index contributed by atoms with van der Waals surface area (Å²) in [5.74, 6) is -1.01. The van der Waals surface area contributed by atoms with E-state index in [1.807, 2.05) is 48.5 Å². The molecule has 0 aliphatic heterocycles. The van der Waals surface area contributed by atoms with Gasteiger partial charge in [-0.2, -0.15) is 5.10 Å². The van der Waals surface area contributed by atoms with Crippen molar-refractivity contribution in [1.29, 1.82) is 0 Å². The van der Waals surface area contributed by atoms with Crippen LogP contribution in [-0.4, -0.2) is 26.2 Å². The molecule has 0 bridgehead atoms. The number of aromatic nitrogens is 2. The normalized spacial score (nSPS) is 10.7. The molecule has 2 aromatic carbocycles. The Labute approximate surface area is 148 Å². The Hall–Kier alpha value is -2.40. The summed E-state index contributed by atoms with van der Waals surface area (Å²) in [6.45, 7) is 0.534. The second-order valence-electron chi connectivity index (χ2n) is 5.46. The molecular formula is C19H17BrN2O2. The molecule has 0 aliphatic rings. The number of hydrogen-bond acceptors (Lipinski definition) is 2. The van der Waals surface area contributed by atoms with Crippen LogP contribution in [0.5, 0.6) is 0 Å². The first kappa shape index (κ1) is 16.5. The van der Waals surface area contributed by atoms with E-state index in [1.54, 1.807) is 10.7 Å². The van der Waals surface area contributed by atoms with E-state index in [0.717, 1.165) is 28.6 Å². The Balaban J connectivity index is 2.08. The summed E-state index contributed by atoms with van der Waals surface area (Å²) >= 11 is 3.48. The number of halogens is 1. The lowest BCUT2D eigenvalue weighted by Crippen LogP contribution is -2.06. The van der Waals surface area contributed by atoms with Crippen LogP contribution < -0.4 is 0 Å². The molecule has 122 valence electrons. The first-order valence-electron chi connectivity index (χ1n) is 7.68. The van der Waals surface area contributed by atoms with Crippen molar-refractivity contribution in [3.05, 3.63) is 77.5 Å². The molecule has 5 heteroatoms. The lowest BCUT2D eigenvalue weighted by Gasteiger charge is -2.11. The molecule has 0 amide bonds. The third kappa shape index (κ3) is 3.57. The lowest BCUT2D eigenvalue weighted by molar-refractivity contribution is 0.0689. The average Bonchev–Trinajstić information content (AvgIpc) is 3.01. The first-order valence-corrected chi connectivity index (χ1v) is 8.80. The number of aromatic carboxylic acids is 1. The van der Waals surface area contributed by atoms with Crippen LogP contribution in [0.3, 0.4) is 0 Å². The van der Waals surface area contributed by atoms with E-state index in [0.29, 0.717) is 6.54 Å². The van der Waals surface area contributed by atoms with Gasteiger partial charge in [0.2, 0.25) is 0 Å². The van der Waals surface area contributed by atoms with Crippen molar-refractivity contribution in [3.63, 3.8) is 0 Å². The van der Waals surface area contributed by atoms with Gasteiger partial charge in [0.05, 0.1) is 12.2 Å². The zero-order chi connectivity index (χ0) is 16.9. The summed E-state index contributed by atoms with van der Waals surface area (Å²) < 4.78 is 1.77. The van der Waals surface area contributed by atoms with Crippen molar-refractivity contribution in [2.75, 3.05) is 5.33 Å². The second kappa shape index (κ2) is 7.45. The molecule has 0 aliphatic carbocycles. The fourth-order valence-corrected chi connectivity index (χ4v) is 3.13. The number of alkyl halides is 1. The molecule has 3 rings (SSSR count). The Morgan fingerprint density at radius 3 is 2.50 bits per heavy atom. The second-order valence-corrected chi connectivity index (χ2v) is 6.25. The minimum atomic E-state index is -1.01. The number of hydrogen-bond donors (Lipinski definition) is 1. The molecule has 3 aromatic rings. The molecule has 0 spiro atoms. The standard InChI is InChI=1S/C19H17BrN2O2/c20-11-10-15-8-4-5-9-16(15)18-12-17(19(23)24)21-22(18)13-14-6-2-1-3-7-14/h1-9,12H,10-11,13H2,(H,23,24). The smallest absolute Gasteiger partial charge is 0.356 e. The van der Waals surface area contributed by atoms with Crippen molar-refractivity contribution in [2.24, 2.45) is 0 Å². The van der Waals surface area contributed by atoms with E-state index in [9.17, 15) is 9.90 Å². The summed E-state index contributed by atoms with van der Waals surface area (Å²) in [6.07, 6.45) is 0.870. The highest BCUT2D eigenvalue weighted by Gasteiger charge is 2.16. The molecule has 0 radical (unpaired) electrons. The Morgan fingerprint density at radius 1 is 1.08 bits per heavy atom. The summed E-state index contributed by atoms with van der Waals surface area (Å²) in [6, 6.07) is 19.6. The van der Waals surface area contributed by atoms with Crippen molar-refractivity contribution < 1.29 is 9.90 Å². The van der Waals surface area contributed by atoms with Gasteiger partial charge in [-0.15, -0.1) is 0 Å². The van der Waals surface area contributed by atoms with Gasteiger partial charge >= 0.3 is 5.97 Å². The van der Waals surface area contributed by atoms with Gasteiger partial charge in [-0.05, 0) is 23.6 Å². The van der Waals surface area contributed by atoms with E-state index in [1.165, 1.54) is 5.56 Å². The quantitative estimate of drug-likeness (QED) is 0.646. The maximum Gasteiger partial charge on any atom is 0.356 e. The average molecular weight is 385 g/mol. The zero-order valence-electron chi connectivity index (χ0n) is 13.0. The van der Waals surface area contributed by atoms with Crippen molar-refractivity contribution in [2.45, 2.75) is 13.0 Å². The molecule has 1 heterocycles. The van der Waals surface area contributed by atoms with Crippen LogP contribution in [0.15, 0.2) is 60.7 Å². The Morgan fingerprint density at radius 2 is 1.79 bits per heavy atom. The van der Waals surface area contributed by atoms with Crippen LogP contribution >= 0.6 is 15.9 Å². The van der Waals surface area contributed by atoms with Gasteiger partial charge < -0.3 is 5.11 Å². The summed E-state index contributed by atoms with van der Waals surface area (Å²) in [5, 5.41) is 14.5. The minimum absolute atomic E-state index is 0.0644. The number of carboxylic acids is 1. The first-order chi connectivity index (χ1) is 11.7. The van der Waals surface area contributed by atoms with Gasteiger partial charge in [0.25, 0.3) is 0 Å². The van der Waals surface area contributed by atoms with E-state index < -0.39 is 5.97 Å². The lowest BCUT2D eigenvalue weighted by atomic mass is 10.0. The maximum atomic E-state index is 11.4. The molecule has 0 atom stereocenters. The van der Waals surface area contributed by atoms with Crippen LogP contribution in [0.1, 0.15) is 21.6 Å². The third-order valence-corrected chi connectivity index (χ3v) is 4.23. The molecule has 0 saturated heterocycles. The molecule has 1 N–H and O–H groups in total. The van der Waals surface area contributed by atoms with Crippen molar-refractivity contribution >= 4 is 21.9 Å². The number of carboxylic acid groups (broad SMARTS) is 1. The van der Waals surface area contributed by atoms with Crippen LogP contribution in [0.2, 0.25) is 0 Å². The highest BCUT2D eigenvalue weighted by Crippen LogP contribution is 2.26. The largest absolute Gasteiger partial charge is 0.476 e. The zero-order valence-corrected chi connectivity index (χ0v) is 14.6. The minimum Gasteiger partial charge on any atom is -0.476 e.